The zero-order chi connectivity index (χ0) is 11.0. The number of nitriles is 1. The van der Waals surface area contributed by atoms with Gasteiger partial charge in [-0.15, -0.1) is 0 Å². The first-order valence-corrected chi connectivity index (χ1v) is 6.13. The second kappa shape index (κ2) is 3.83. The SMILES string of the molecule is N#Cc1ccc(N(CC2CC2)C2CC2)cc1. The summed E-state index contributed by atoms with van der Waals surface area (Å²) in [5.74, 6) is 0.927. The molecule has 0 aromatic heterocycles. The molecule has 0 amide bonds. The van der Waals surface area contributed by atoms with Gasteiger partial charge in [-0.2, -0.15) is 5.26 Å². The van der Waals surface area contributed by atoms with Crippen LogP contribution in [0.1, 0.15) is 31.2 Å². The maximum absolute atomic E-state index is 8.78. The molecule has 0 saturated heterocycles. The van der Waals surface area contributed by atoms with Crippen molar-refractivity contribution >= 4 is 5.69 Å². The monoisotopic (exact) mass is 212 g/mol. The summed E-state index contributed by atoms with van der Waals surface area (Å²) in [6.07, 6.45) is 5.48. The molecule has 3 rings (SSSR count). The molecular weight excluding hydrogens is 196 g/mol. The van der Waals surface area contributed by atoms with Crippen LogP contribution in [0.15, 0.2) is 24.3 Å². The third-order valence-electron chi connectivity index (χ3n) is 3.47. The van der Waals surface area contributed by atoms with Crippen LogP contribution in [-0.4, -0.2) is 12.6 Å². The summed E-state index contributed by atoms with van der Waals surface area (Å²) in [7, 11) is 0. The number of anilines is 1. The number of benzene rings is 1. The lowest BCUT2D eigenvalue weighted by Gasteiger charge is -2.24. The number of hydrogen-bond donors (Lipinski definition) is 0. The van der Waals surface area contributed by atoms with E-state index in [-0.39, 0.29) is 0 Å². The quantitative estimate of drug-likeness (QED) is 0.767. The first-order chi connectivity index (χ1) is 7.86. The highest BCUT2D eigenvalue weighted by atomic mass is 15.2. The molecule has 2 nitrogen and oxygen atoms in total. The minimum atomic E-state index is 0.755. The molecule has 2 fully saturated rings. The first-order valence-electron chi connectivity index (χ1n) is 6.13. The van der Waals surface area contributed by atoms with E-state index in [1.807, 2.05) is 12.1 Å². The maximum atomic E-state index is 8.78. The second-order valence-corrected chi connectivity index (χ2v) is 4.99. The molecule has 0 radical (unpaired) electrons. The molecule has 0 heterocycles. The number of nitrogens with zero attached hydrogens (tertiary/aromatic N) is 2. The van der Waals surface area contributed by atoms with Crippen LogP contribution in [0.25, 0.3) is 0 Å². The molecule has 0 N–H and O–H groups in total. The van der Waals surface area contributed by atoms with Crippen molar-refractivity contribution in [3.05, 3.63) is 29.8 Å². The summed E-state index contributed by atoms with van der Waals surface area (Å²) in [6.45, 7) is 1.22. The van der Waals surface area contributed by atoms with Crippen molar-refractivity contribution in [2.75, 3.05) is 11.4 Å². The van der Waals surface area contributed by atoms with E-state index in [4.69, 9.17) is 5.26 Å². The van der Waals surface area contributed by atoms with E-state index in [1.54, 1.807) is 0 Å². The summed E-state index contributed by atoms with van der Waals surface area (Å²) < 4.78 is 0. The predicted molar refractivity (Wildman–Crippen MR) is 64.2 cm³/mol. The molecule has 2 aliphatic rings. The highest BCUT2D eigenvalue weighted by molar-refractivity contribution is 5.51. The molecule has 16 heavy (non-hydrogen) atoms. The van der Waals surface area contributed by atoms with Crippen LogP contribution < -0.4 is 4.90 Å². The van der Waals surface area contributed by atoms with Crippen LogP contribution in [-0.2, 0) is 0 Å². The van der Waals surface area contributed by atoms with Crippen molar-refractivity contribution in [1.29, 1.82) is 5.26 Å². The van der Waals surface area contributed by atoms with Crippen molar-refractivity contribution < 1.29 is 0 Å². The Hall–Kier alpha value is -1.49. The van der Waals surface area contributed by atoms with Crippen LogP contribution in [0, 0.1) is 17.2 Å². The molecule has 0 bridgehead atoms. The molecule has 0 atom stereocenters. The third kappa shape index (κ3) is 2.04. The Kier molecular flexibility index (Phi) is 2.32. The van der Waals surface area contributed by atoms with E-state index >= 15 is 0 Å². The highest BCUT2D eigenvalue weighted by Gasteiger charge is 2.33. The number of rotatable bonds is 4. The fourth-order valence-electron chi connectivity index (χ4n) is 2.16. The van der Waals surface area contributed by atoms with E-state index in [0.717, 1.165) is 17.5 Å². The second-order valence-electron chi connectivity index (χ2n) is 4.99. The molecule has 2 heteroatoms. The molecule has 2 aliphatic carbocycles. The lowest BCUT2D eigenvalue weighted by molar-refractivity contribution is 0.719. The Bertz CT molecular complexity index is 407. The van der Waals surface area contributed by atoms with Gasteiger partial charge < -0.3 is 4.90 Å². The Balaban J connectivity index is 1.78. The van der Waals surface area contributed by atoms with E-state index in [1.165, 1.54) is 37.9 Å². The third-order valence-corrected chi connectivity index (χ3v) is 3.47. The Morgan fingerprint density at radius 1 is 1.12 bits per heavy atom. The minimum Gasteiger partial charge on any atom is -0.368 e. The van der Waals surface area contributed by atoms with E-state index in [0.29, 0.717) is 0 Å². The molecular formula is C14H16N2. The van der Waals surface area contributed by atoms with Gasteiger partial charge in [-0.05, 0) is 55.9 Å². The fourth-order valence-corrected chi connectivity index (χ4v) is 2.16. The van der Waals surface area contributed by atoms with Crippen molar-refractivity contribution in [2.45, 2.75) is 31.7 Å². The average Bonchev–Trinajstić information content (AvgIpc) is 3.16. The Labute approximate surface area is 96.5 Å². The normalized spacial score (nSPS) is 19.2. The van der Waals surface area contributed by atoms with Gasteiger partial charge in [0.25, 0.3) is 0 Å². The van der Waals surface area contributed by atoms with Crippen LogP contribution in [0.3, 0.4) is 0 Å². The number of hydrogen-bond acceptors (Lipinski definition) is 2. The van der Waals surface area contributed by atoms with E-state index in [9.17, 15) is 0 Å². The van der Waals surface area contributed by atoms with Crippen molar-refractivity contribution in [3.63, 3.8) is 0 Å². The molecule has 2 saturated carbocycles. The topological polar surface area (TPSA) is 27.0 Å². The van der Waals surface area contributed by atoms with Crippen molar-refractivity contribution in [1.82, 2.24) is 0 Å². The van der Waals surface area contributed by atoms with Crippen LogP contribution in [0.5, 0.6) is 0 Å². The standard InChI is InChI=1S/C14H16N2/c15-9-11-3-5-13(6-4-11)16(14-7-8-14)10-12-1-2-12/h3-6,12,14H,1-2,7-8,10H2. The zero-order valence-electron chi connectivity index (χ0n) is 9.39. The average molecular weight is 212 g/mol. The van der Waals surface area contributed by atoms with Gasteiger partial charge in [0.1, 0.15) is 0 Å². The van der Waals surface area contributed by atoms with Gasteiger partial charge in [0.2, 0.25) is 0 Å². The molecule has 0 aliphatic heterocycles. The van der Waals surface area contributed by atoms with Crippen LogP contribution in [0.2, 0.25) is 0 Å². The summed E-state index contributed by atoms with van der Waals surface area (Å²) in [5, 5.41) is 8.78. The van der Waals surface area contributed by atoms with Crippen LogP contribution in [0.4, 0.5) is 5.69 Å². The van der Waals surface area contributed by atoms with Gasteiger partial charge in [0.05, 0.1) is 11.6 Å². The molecule has 1 aromatic rings. The smallest absolute Gasteiger partial charge is 0.0991 e. The van der Waals surface area contributed by atoms with Crippen molar-refractivity contribution in [3.8, 4) is 6.07 Å². The van der Waals surface area contributed by atoms with Crippen LogP contribution >= 0.6 is 0 Å². The predicted octanol–water partition coefficient (Wildman–Crippen LogP) is 2.94. The van der Waals surface area contributed by atoms with Gasteiger partial charge in [0.15, 0.2) is 0 Å². The summed E-state index contributed by atoms with van der Waals surface area (Å²) in [4.78, 5) is 2.54. The lowest BCUT2D eigenvalue weighted by atomic mass is 10.2. The summed E-state index contributed by atoms with van der Waals surface area (Å²) >= 11 is 0. The largest absolute Gasteiger partial charge is 0.368 e. The molecule has 1 aromatic carbocycles. The van der Waals surface area contributed by atoms with Gasteiger partial charge >= 0.3 is 0 Å². The van der Waals surface area contributed by atoms with Gasteiger partial charge in [-0.3, -0.25) is 0 Å². The Morgan fingerprint density at radius 3 is 2.31 bits per heavy atom. The minimum absolute atomic E-state index is 0.755. The Morgan fingerprint density at radius 2 is 1.81 bits per heavy atom. The van der Waals surface area contributed by atoms with Gasteiger partial charge in [-0.25, -0.2) is 0 Å². The van der Waals surface area contributed by atoms with Gasteiger partial charge in [-0.1, -0.05) is 0 Å². The van der Waals surface area contributed by atoms with E-state index < -0.39 is 0 Å². The molecule has 0 spiro atoms. The fraction of sp³-hybridized carbons (Fsp3) is 0.500. The van der Waals surface area contributed by atoms with Gasteiger partial charge in [0, 0.05) is 18.3 Å². The highest BCUT2D eigenvalue weighted by Crippen LogP contribution is 2.37. The summed E-state index contributed by atoms with van der Waals surface area (Å²) in [5.41, 5.74) is 2.05. The molecule has 82 valence electrons. The van der Waals surface area contributed by atoms with E-state index in [2.05, 4.69) is 23.1 Å². The zero-order valence-corrected chi connectivity index (χ0v) is 9.39. The lowest BCUT2D eigenvalue weighted by Crippen LogP contribution is -2.27. The van der Waals surface area contributed by atoms with Crippen molar-refractivity contribution in [2.24, 2.45) is 5.92 Å². The summed E-state index contributed by atoms with van der Waals surface area (Å²) in [6, 6.07) is 11.0. The molecule has 0 unspecified atom stereocenters. The first kappa shape index (κ1) is 9.72. The maximum Gasteiger partial charge on any atom is 0.0991 e.